The number of hydrogen-bond acceptors (Lipinski definition) is 4. The lowest BCUT2D eigenvalue weighted by molar-refractivity contribution is 0.475. The SMILES string of the molecule is O=c1cc(CNC2CCCC2)nc2c(O)cccn12. The quantitative estimate of drug-likeness (QED) is 0.875. The van der Waals surface area contributed by atoms with Crippen molar-refractivity contribution in [1.29, 1.82) is 0 Å². The van der Waals surface area contributed by atoms with Crippen LogP contribution in [0.4, 0.5) is 0 Å². The van der Waals surface area contributed by atoms with Gasteiger partial charge in [-0.1, -0.05) is 12.8 Å². The molecule has 2 aromatic heterocycles. The fourth-order valence-corrected chi connectivity index (χ4v) is 2.63. The average Bonchev–Trinajstić information content (AvgIpc) is 2.91. The fourth-order valence-electron chi connectivity index (χ4n) is 2.63. The van der Waals surface area contributed by atoms with Gasteiger partial charge in [0.25, 0.3) is 5.56 Å². The minimum absolute atomic E-state index is 0.0299. The Hall–Kier alpha value is -1.88. The summed E-state index contributed by atoms with van der Waals surface area (Å²) in [6.07, 6.45) is 6.53. The molecule has 0 unspecified atom stereocenters. The Kier molecular flexibility index (Phi) is 3.21. The van der Waals surface area contributed by atoms with E-state index >= 15 is 0 Å². The van der Waals surface area contributed by atoms with Crippen LogP contribution in [-0.2, 0) is 6.54 Å². The first-order valence-electron chi connectivity index (χ1n) is 6.68. The monoisotopic (exact) mass is 259 g/mol. The summed E-state index contributed by atoms with van der Waals surface area (Å²) in [5.74, 6) is 0.0299. The normalized spacial score (nSPS) is 16.2. The number of hydrogen-bond donors (Lipinski definition) is 2. The Labute approximate surface area is 110 Å². The molecule has 5 heteroatoms. The summed E-state index contributed by atoms with van der Waals surface area (Å²) in [6, 6.07) is 5.22. The second kappa shape index (κ2) is 5.01. The Bertz CT molecular complexity index is 645. The van der Waals surface area contributed by atoms with Gasteiger partial charge in [0, 0.05) is 24.8 Å². The second-order valence-electron chi connectivity index (χ2n) is 5.04. The van der Waals surface area contributed by atoms with Crippen molar-refractivity contribution in [2.24, 2.45) is 0 Å². The van der Waals surface area contributed by atoms with E-state index in [4.69, 9.17) is 0 Å². The van der Waals surface area contributed by atoms with Gasteiger partial charge in [-0.15, -0.1) is 0 Å². The van der Waals surface area contributed by atoms with Gasteiger partial charge in [0.2, 0.25) is 0 Å². The van der Waals surface area contributed by atoms with Gasteiger partial charge >= 0.3 is 0 Å². The smallest absolute Gasteiger partial charge is 0.258 e. The Morgan fingerprint density at radius 3 is 3.00 bits per heavy atom. The standard InChI is InChI=1S/C14H17N3O2/c18-12-6-3-7-17-13(19)8-11(16-14(12)17)9-15-10-4-1-2-5-10/h3,6-8,10,15,18H,1-2,4-5,9H2. The molecule has 0 spiro atoms. The number of nitrogens with zero attached hydrogens (tertiary/aromatic N) is 2. The molecule has 3 rings (SSSR count). The van der Waals surface area contributed by atoms with E-state index in [1.54, 1.807) is 12.3 Å². The van der Waals surface area contributed by atoms with Gasteiger partial charge in [-0.25, -0.2) is 4.98 Å². The lowest BCUT2D eigenvalue weighted by atomic mass is 10.2. The van der Waals surface area contributed by atoms with Gasteiger partial charge in [0.1, 0.15) is 0 Å². The maximum Gasteiger partial charge on any atom is 0.258 e. The molecular formula is C14H17N3O2. The van der Waals surface area contributed by atoms with Crippen LogP contribution in [0.15, 0.2) is 29.2 Å². The molecule has 19 heavy (non-hydrogen) atoms. The first-order chi connectivity index (χ1) is 9.24. The highest BCUT2D eigenvalue weighted by atomic mass is 16.3. The predicted octanol–water partition coefficient (Wildman–Crippen LogP) is 1.43. The van der Waals surface area contributed by atoms with Crippen molar-refractivity contribution in [2.45, 2.75) is 38.3 Å². The largest absolute Gasteiger partial charge is 0.504 e. The first kappa shape index (κ1) is 12.2. The molecule has 0 amide bonds. The minimum Gasteiger partial charge on any atom is -0.504 e. The summed E-state index contributed by atoms with van der Waals surface area (Å²) in [7, 11) is 0. The van der Waals surface area contributed by atoms with Crippen molar-refractivity contribution < 1.29 is 5.11 Å². The van der Waals surface area contributed by atoms with Gasteiger partial charge in [-0.3, -0.25) is 9.20 Å². The van der Waals surface area contributed by atoms with E-state index in [1.165, 1.54) is 42.2 Å². The highest BCUT2D eigenvalue weighted by Gasteiger charge is 2.14. The lowest BCUT2D eigenvalue weighted by Gasteiger charge is -2.11. The molecule has 0 bridgehead atoms. The third kappa shape index (κ3) is 2.46. The van der Waals surface area contributed by atoms with Crippen LogP contribution in [0.3, 0.4) is 0 Å². The number of aromatic nitrogens is 2. The lowest BCUT2D eigenvalue weighted by Crippen LogP contribution is -2.27. The van der Waals surface area contributed by atoms with Gasteiger partial charge in [-0.05, 0) is 25.0 Å². The first-order valence-corrected chi connectivity index (χ1v) is 6.68. The van der Waals surface area contributed by atoms with Gasteiger partial charge in [0.05, 0.1) is 5.69 Å². The molecule has 2 N–H and O–H groups in total. The third-order valence-electron chi connectivity index (χ3n) is 3.65. The zero-order valence-corrected chi connectivity index (χ0v) is 10.7. The van der Waals surface area contributed by atoms with Gasteiger partial charge < -0.3 is 10.4 Å². The summed E-state index contributed by atoms with van der Waals surface area (Å²) in [4.78, 5) is 16.3. The highest BCUT2D eigenvalue weighted by Crippen LogP contribution is 2.18. The molecule has 1 saturated carbocycles. The van der Waals surface area contributed by atoms with Crippen molar-refractivity contribution >= 4 is 5.65 Å². The number of aromatic hydroxyl groups is 1. The number of rotatable bonds is 3. The summed E-state index contributed by atoms with van der Waals surface area (Å²) in [5.41, 5.74) is 0.834. The van der Waals surface area contributed by atoms with Crippen LogP contribution >= 0.6 is 0 Å². The highest BCUT2D eigenvalue weighted by molar-refractivity contribution is 5.52. The summed E-state index contributed by atoms with van der Waals surface area (Å²) in [6.45, 7) is 0.574. The molecule has 2 heterocycles. The van der Waals surface area contributed by atoms with Crippen molar-refractivity contribution in [3.8, 4) is 5.75 Å². The zero-order chi connectivity index (χ0) is 13.2. The van der Waals surface area contributed by atoms with Crippen LogP contribution in [0, 0.1) is 0 Å². The fraction of sp³-hybridized carbons (Fsp3) is 0.429. The molecule has 0 aromatic carbocycles. The molecule has 2 aromatic rings. The van der Waals surface area contributed by atoms with Crippen LogP contribution < -0.4 is 10.9 Å². The average molecular weight is 259 g/mol. The van der Waals surface area contributed by atoms with Crippen LogP contribution in [-0.4, -0.2) is 20.5 Å². The van der Waals surface area contributed by atoms with Crippen molar-refractivity contribution in [2.75, 3.05) is 0 Å². The molecule has 100 valence electrons. The Morgan fingerprint density at radius 2 is 2.21 bits per heavy atom. The van der Waals surface area contributed by atoms with Crippen molar-refractivity contribution in [1.82, 2.24) is 14.7 Å². The summed E-state index contributed by atoms with van der Waals surface area (Å²) >= 11 is 0. The van der Waals surface area contributed by atoms with Gasteiger partial charge in [0.15, 0.2) is 11.4 Å². The van der Waals surface area contributed by atoms with E-state index in [9.17, 15) is 9.90 Å². The maximum atomic E-state index is 11.9. The van der Waals surface area contributed by atoms with E-state index < -0.39 is 0 Å². The molecule has 0 aliphatic heterocycles. The third-order valence-corrected chi connectivity index (χ3v) is 3.65. The number of fused-ring (bicyclic) bond motifs is 1. The summed E-state index contributed by atoms with van der Waals surface area (Å²) in [5, 5.41) is 13.2. The number of pyridine rings is 1. The Balaban J connectivity index is 1.87. The van der Waals surface area contributed by atoms with Gasteiger partial charge in [-0.2, -0.15) is 0 Å². The molecule has 1 aliphatic rings. The van der Waals surface area contributed by atoms with Crippen molar-refractivity contribution in [3.05, 3.63) is 40.4 Å². The topological polar surface area (TPSA) is 66.6 Å². The zero-order valence-electron chi connectivity index (χ0n) is 10.7. The van der Waals surface area contributed by atoms with E-state index in [2.05, 4.69) is 10.3 Å². The van der Waals surface area contributed by atoms with E-state index in [-0.39, 0.29) is 11.3 Å². The molecular weight excluding hydrogens is 242 g/mol. The Morgan fingerprint density at radius 1 is 1.42 bits per heavy atom. The maximum absolute atomic E-state index is 11.9. The molecule has 0 radical (unpaired) electrons. The molecule has 1 fully saturated rings. The predicted molar refractivity (Wildman–Crippen MR) is 72.2 cm³/mol. The van der Waals surface area contributed by atoms with E-state index in [1.807, 2.05) is 0 Å². The number of nitrogens with one attached hydrogen (secondary N) is 1. The van der Waals surface area contributed by atoms with Crippen LogP contribution in [0.25, 0.3) is 5.65 Å². The van der Waals surface area contributed by atoms with E-state index in [0.29, 0.717) is 23.9 Å². The minimum atomic E-state index is -0.163. The van der Waals surface area contributed by atoms with Crippen LogP contribution in [0.5, 0.6) is 5.75 Å². The van der Waals surface area contributed by atoms with E-state index in [0.717, 1.165) is 0 Å². The summed E-state index contributed by atoms with van der Waals surface area (Å²) < 4.78 is 1.36. The van der Waals surface area contributed by atoms with Crippen molar-refractivity contribution in [3.63, 3.8) is 0 Å². The molecule has 0 saturated heterocycles. The van der Waals surface area contributed by atoms with Crippen LogP contribution in [0.1, 0.15) is 31.4 Å². The second-order valence-corrected chi connectivity index (χ2v) is 5.04. The molecule has 5 nitrogen and oxygen atoms in total. The van der Waals surface area contributed by atoms with Crippen LogP contribution in [0.2, 0.25) is 0 Å². The molecule has 1 aliphatic carbocycles. The molecule has 0 atom stereocenters.